The molecule has 0 saturated heterocycles. The largest absolute Gasteiger partial charge is 0.339 e. The van der Waals surface area contributed by atoms with Gasteiger partial charge in [0.1, 0.15) is 12.4 Å². The Bertz CT molecular complexity index is 414. The van der Waals surface area contributed by atoms with Gasteiger partial charge >= 0.3 is 0 Å². The van der Waals surface area contributed by atoms with E-state index in [0.717, 1.165) is 0 Å². The van der Waals surface area contributed by atoms with E-state index < -0.39 is 0 Å². The van der Waals surface area contributed by atoms with Gasteiger partial charge in [0.15, 0.2) is 0 Å². The van der Waals surface area contributed by atoms with Crippen LogP contribution >= 0.6 is 11.8 Å². The second-order valence-electron chi connectivity index (χ2n) is 2.69. The van der Waals surface area contributed by atoms with Crippen molar-refractivity contribution >= 4 is 17.7 Å². The first-order valence-corrected chi connectivity index (χ1v) is 5.40. The highest BCUT2D eigenvalue weighted by atomic mass is 32.2. The van der Waals surface area contributed by atoms with E-state index in [4.69, 9.17) is 5.26 Å². The van der Waals surface area contributed by atoms with Gasteiger partial charge in [-0.25, -0.2) is 4.39 Å². The van der Waals surface area contributed by atoms with Gasteiger partial charge in [-0.1, -0.05) is 0 Å². The molecule has 0 atom stereocenters. The topological polar surface area (TPSA) is 52.9 Å². The van der Waals surface area contributed by atoms with Crippen LogP contribution in [-0.2, 0) is 0 Å². The second-order valence-corrected chi connectivity index (χ2v) is 3.54. The number of amides is 1. The van der Waals surface area contributed by atoms with Crippen LogP contribution in [0.3, 0.4) is 0 Å². The third-order valence-electron chi connectivity index (χ3n) is 1.74. The third-order valence-corrected chi connectivity index (χ3v) is 2.49. The van der Waals surface area contributed by atoms with Crippen LogP contribution in [0.1, 0.15) is 10.4 Å². The number of carbonyl (C=O) groups excluding carboxylic acids is 1. The number of benzene rings is 1. The summed E-state index contributed by atoms with van der Waals surface area (Å²) in [6.07, 6.45) is 1.73. The summed E-state index contributed by atoms with van der Waals surface area (Å²) in [5.41, 5.74) is 0.357. The molecular weight excluding hydrogens is 215 g/mol. The van der Waals surface area contributed by atoms with Gasteiger partial charge in [0.05, 0.1) is 6.07 Å². The minimum Gasteiger partial charge on any atom is -0.339 e. The maximum Gasteiger partial charge on any atom is 0.252 e. The number of halogens is 1. The quantitative estimate of drug-likeness (QED) is 0.629. The molecule has 0 fully saturated rings. The van der Waals surface area contributed by atoms with Crippen LogP contribution in [-0.4, -0.2) is 18.7 Å². The molecule has 1 amide bonds. The average molecular weight is 224 g/mol. The van der Waals surface area contributed by atoms with Crippen LogP contribution in [0, 0.1) is 17.1 Å². The third kappa shape index (κ3) is 2.96. The lowest BCUT2D eigenvalue weighted by atomic mass is 10.2. The molecule has 1 N–H and O–H groups in total. The summed E-state index contributed by atoms with van der Waals surface area (Å²) in [7, 11) is 0. The normalized spacial score (nSPS) is 9.40. The van der Waals surface area contributed by atoms with Gasteiger partial charge in [-0.2, -0.15) is 5.26 Å². The zero-order chi connectivity index (χ0) is 11.3. The Kier molecular flexibility index (Phi) is 4.13. The fourth-order valence-electron chi connectivity index (χ4n) is 1.02. The molecule has 1 aromatic rings. The molecule has 0 saturated carbocycles. The number of rotatable bonds is 3. The fourth-order valence-corrected chi connectivity index (χ4v) is 1.53. The van der Waals surface area contributed by atoms with E-state index in [0.29, 0.717) is 10.5 Å². The number of nitrogens with zero attached hydrogens (tertiary/aromatic N) is 1. The highest BCUT2D eigenvalue weighted by Gasteiger charge is 2.08. The first kappa shape index (κ1) is 11.5. The van der Waals surface area contributed by atoms with Crippen molar-refractivity contribution in [3.05, 3.63) is 29.6 Å². The Hall–Kier alpha value is -1.54. The summed E-state index contributed by atoms with van der Waals surface area (Å²) < 4.78 is 13.1. The molecule has 0 aliphatic heterocycles. The fraction of sp³-hybridized carbons (Fsp3) is 0.200. The maximum atomic E-state index is 13.1. The summed E-state index contributed by atoms with van der Waals surface area (Å²) in [5.74, 6) is -0.716. The summed E-state index contributed by atoms with van der Waals surface area (Å²) >= 11 is 1.23. The standard InChI is InChI=1S/C10H9FN2OS/c1-15-9-6-7(2-3-8(9)11)10(14)13-5-4-12/h2-3,6H,5H2,1H3,(H,13,14). The van der Waals surface area contributed by atoms with Crippen LogP contribution < -0.4 is 5.32 Å². The molecule has 0 aliphatic carbocycles. The predicted molar refractivity (Wildman–Crippen MR) is 56.1 cm³/mol. The molecular formula is C10H9FN2OS. The van der Waals surface area contributed by atoms with Crippen LogP contribution in [0.15, 0.2) is 23.1 Å². The summed E-state index contributed by atoms with van der Waals surface area (Å²) in [4.78, 5) is 11.8. The summed E-state index contributed by atoms with van der Waals surface area (Å²) in [6.45, 7) is -0.0508. The lowest BCUT2D eigenvalue weighted by Crippen LogP contribution is -2.23. The first-order valence-electron chi connectivity index (χ1n) is 4.17. The van der Waals surface area contributed by atoms with Crippen LogP contribution in [0.5, 0.6) is 0 Å². The number of hydrogen-bond acceptors (Lipinski definition) is 3. The molecule has 0 spiro atoms. The van der Waals surface area contributed by atoms with Crippen molar-refractivity contribution in [3.63, 3.8) is 0 Å². The monoisotopic (exact) mass is 224 g/mol. The predicted octanol–water partition coefficient (Wildman–Crippen LogP) is 1.80. The molecule has 0 heterocycles. The van der Waals surface area contributed by atoms with E-state index in [1.807, 2.05) is 0 Å². The van der Waals surface area contributed by atoms with Gasteiger partial charge in [-0.3, -0.25) is 4.79 Å². The zero-order valence-corrected chi connectivity index (χ0v) is 8.90. The van der Waals surface area contributed by atoms with Gasteiger partial charge in [-0.15, -0.1) is 11.8 Å². The lowest BCUT2D eigenvalue weighted by molar-refractivity contribution is 0.0958. The number of hydrogen-bond donors (Lipinski definition) is 1. The minimum atomic E-state index is -0.369. The van der Waals surface area contributed by atoms with Crippen molar-refractivity contribution in [2.75, 3.05) is 12.8 Å². The van der Waals surface area contributed by atoms with Crippen LogP contribution in [0.4, 0.5) is 4.39 Å². The van der Waals surface area contributed by atoms with E-state index >= 15 is 0 Å². The maximum absolute atomic E-state index is 13.1. The average Bonchev–Trinajstić information content (AvgIpc) is 2.26. The molecule has 0 aliphatic rings. The van der Waals surface area contributed by atoms with E-state index in [1.165, 1.54) is 30.0 Å². The lowest BCUT2D eigenvalue weighted by Gasteiger charge is -2.03. The Morgan fingerprint density at radius 3 is 3.00 bits per heavy atom. The number of nitriles is 1. The van der Waals surface area contributed by atoms with E-state index in [2.05, 4.69) is 5.32 Å². The van der Waals surface area contributed by atoms with Gasteiger partial charge in [0, 0.05) is 10.5 Å². The molecule has 0 radical (unpaired) electrons. The van der Waals surface area contributed by atoms with E-state index in [1.54, 1.807) is 12.3 Å². The smallest absolute Gasteiger partial charge is 0.252 e. The van der Waals surface area contributed by atoms with E-state index in [-0.39, 0.29) is 18.3 Å². The number of thioether (sulfide) groups is 1. The summed E-state index contributed by atoms with van der Waals surface area (Å²) in [6, 6.07) is 5.90. The molecule has 5 heteroatoms. The zero-order valence-electron chi connectivity index (χ0n) is 8.08. The SMILES string of the molecule is CSc1cc(C(=O)NCC#N)ccc1F. The Balaban J connectivity index is 2.87. The number of nitrogens with one attached hydrogen (secondary N) is 1. The molecule has 0 aromatic heterocycles. The van der Waals surface area contributed by atoms with Crippen molar-refractivity contribution in [1.29, 1.82) is 5.26 Å². The van der Waals surface area contributed by atoms with Crippen LogP contribution in [0.25, 0.3) is 0 Å². The molecule has 0 bridgehead atoms. The highest BCUT2D eigenvalue weighted by Crippen LogP contribution is 2.20. The van der Waals surface area contributed by atoms with Crippen molar-refractivity contribution in [3.8, 4) is 6.07 Å². The van der Waals surface area contributed by atoms with Gasteiger partial charge in [0.25, 0.3) is 5.91 Å². The molecule has 1 aromatic carbocycles. The summed E-state index contributed by atoms with van der Waals surface area (Å²) in [5, 5.41) is 10.7. The van der Waals surface area contributed by atoms with Crippen molar-refractivity contribution in [1.82, 2.24) is 5.32 Å². The van der Waals surface area contributed by atoms with Crippen molar-refractivity contribution in [2.45, 2.75) is 4.90 Å². The Labute approximate surface area is 91.3 Å². The molecule has 3 nitrogen and oxygen atoms in total. The Morgan fingerprint density at radius 1 is 1.67 bits per heavy atom. The van der Waals surface area contributed by atoms with Gasteiger partial charge < -0.3 is 5.32 Å². The number of carbonyl (C=O) groups is 1. The van der Waals surface area contributed by atoms with Crippen molar-refractivity contribution in [2.24, 2.45) is 0 Å². The van der Waals surface area contributed by atoms with E-state index in [9.17, 15) is 9.18 Å². The highest BCUT2D eigenvalue weighted by molar-refractivity contribution is 7.98. The molecule has 15 heavy (non-hydrogen) atoms. The van der Waals surface area contributed by atoms with Gasteiger partial charge in [-0.05, 0) is 24.5 Å². The molecule has 78 valence electrons. The van der Waals surface area contributed by atoms with Crippen LogP contribution in [0.2, 0.25) is 0 Å². The molecule has 0 unspecified atom stereocenters. The molecule has 1 rings (SSSR count). The van der Waals surface area contributed by atoms with Gasteiger partial charge in [0.2, 0.25) is 0 Å². The minimum absolute atomic E-state index is 0.0508. The Morgan fingerprint density at radius 2 is 2.40 bits per heavy atom. The second kappa shape index (κ2) is 5.37. The van der Waals surface area contributed by atoms with Crippen molar-refractivity contribution < 1.29 is 9.18 Å². The first-order chi connectivity index (χ1) is 7.19.